The van der Waals surface area contributed by atoms with E-state index >= 15 is 0 Å². The maximum atomic E-state index is 11.2. The van der Waals surface area contributed by atoms with Crippen LogP contribution in [0.2, 0.25) is 0 Å². The first-order valence-electron chi connectivity index (χ1n) is 7.03. The zero-order chi connectivity index (χ0) is 16.8. The lowest BCUT2D eigenvalue weighted by molar-refractivity contribution is 0.409. The van der Waals surface area contributed by atoms with E-state index in [1.165, 1.54) is 0 Å². The highest BCUT2D eigenvalue weighted by atomic mass is 16.6. The molecule has 3 heterocycles. The SMILES string of the molecule is CN(C)c1nc(N)nc2ncc(-c3ccc4oc(=O)oc4c3)nc12. The standard InChI is InChI=1S/C15H12N6O3/c1-21(2)13-11-12(19-14(16)20-13)17-6-8(18-11)7-3-4-9-10(5-7)24-15(22)23-9/h3-6H,1-2H3,(H2,16,17,19,20). The maximum Gasteiger partial charge on any atom is 0.519 e. The number of hydrogen-bond donors (Lipinski definition) is 1. The van der Waals surface area contributed by atoms with Crippen LogP contribution in [0.3, 0.4) is 0 Å². The second-order valence-corrected chi connectivity index (χ2v) is 5.34. The van der Waals surface area contributed by atoms with Gasteiger partial charge in [0.2, 0.25) is 5.95 Å². The van der Waals surface area contributed by atoms with Gasteiger partial charge in [-0.25, -0.2) is 14.8 Å². The molecule has 0 fully saturated rings. The molecule has 4 aromatic rings. The summed E-state index contributed by atoms with van der Waals surface area (Å²) in [5.74, 6) is -0.0388. The van der Waals surface area contributed by atoms with Crippen LogP contribution >= 0.6 is 0 Å². The van der Waals surface area contributed by atoms with Crippen molar-refractivity contribution in [1.82, 2.24) is 19.9 Å². The molecule has 9 nitrogen and oxygen atoms in total. The minimum Gasteiger partial charge on any atom is -0.391 e. The Hall–Kier alpha value is -3.49. The molecule has 0 amide bonds. The summed E-state index contributed by atoms with van der Waals surface area (Å²) >= 11 is 0. The average molecular weight is 324 g/mol. The predicted molar refractivity (Wildman–Crippen MR) is 87.6 cm³/mol. The highest BCUT2D eigenvalue weighted by Gasteiger charge is 2.13. The molecule has 3 aromatic heterocycles. The average Bonchev–Trinajstić information content (AvgIpc) is 2.92. The zero-order valence-electron chi connectivity index (χ0n) is 12.8. The molecule has 0 radical (unpaired) electrons. The van der Waals surface area contributed by atoms with Gasteiger partial charge in [-0.15, -0.1) is 0 Å². The molecule has 0 saturated carbocycles. The highest BCUT2D eigenvalue weighted by molar-refractivity contribution is 5.86. The molecule has 0 atom stereocenters. The number of aromatic nitrogens is 4. The Kier molecular flexibility index (Phi) is 2.95. The first-order valence-corrected chi connectivity index (χ1v) is 7.03. The number of nitrogens with two attached hydrogens (primary N) is 1. The summed E-state index contributed by atoms with van der Waals surface area (Å²) in [6.45, 7) is 0. The highest BCUT2D eigenvalue weighted by Crippen LogP contribution is 2.26. The molecule has 0 aliphatic carbocycles. The van der Waals surface area contributed by atoms with Crippen molar-refractivity contribution < 1.29 is 8.83 Å². The normalized spacial score (nSPS) is 11.2. The summed E-state index contributed by atoms with van der Waals surface area (Å²) in [6.07, 6.45) is 1.58. The lowest BCUT2D eigenvalue weighted by atomic mass is 10.1. The Bertz CT molecular complexity index is 1130. The molecule has 24 heavy (non-hydrogen) atoms. The van der Waals surface area contributed by atoms with Crippen molar-refractivity contribution in [2.24, 2.45) is 0 Å². The number of nitrogen functional groups attached to an aromatic ring is 1. The van der Waals surface area contributed by atoms with E-state index in [1.54, 1.807) is 29.3 Å². The van der Waals surface area contributed by atoms with Crippen molar-refractivity contribution in [2.75, 3.05) is 24.7 Å². The van der Waals surface area contributed by atoms with Gasteiger partial charge in [-0.1, -0.05) is 0 Å². The maximum absolute atomic E-state index is 11.2. The van der Waals surface area contributed by atoms with Gasteiger partial charge in [-0.3, -0.25) is 0 Å². The van der Waals surface area contributed by atoms with Gasteiger partial charge in [0, 0.05) is 19.7 Å². The van der Waals surface area contributed by atoms with Crippen LogP contribution in [0.5, 0.6) is 0 Å². The molecule has 0 aliphatic heterocycles. The molecular formula is C15H12N6O3. The van der Waals surface area contributed by atoms with Crippen molar-refractivity contribution in [1.29, 1.82) is 0 Å². The van der Waals surface area contributed by atoms with Gasteiger partial charge in [0.25, 0.3) is 0 Å². The van der Waals surface area contributed by atoms with Crippen LogP contribution in [0, 0.1) is 0 Å². The smallest absolute Gasteiger partial charge is 0.391 e. The van der Waals surface area contributed by atoms with E-state index in [1.807, 2.05) is 14.1 Å². The Morgan fingerprint density at radius 2 is 1.88 bits per heavy atom. The minimum absolute atomic E-state index is 0.134. The summed E-state index contributed by atoms with van der Waals surface area (Å²) in [5, 5.41) is 0. The largest absolute Gasteiger partial charge is 0.519 e. The molecule has 120 valence electrons. The molecule has 0 unspecified atom stereocenters. The number of rotatable bonds is 2. The number of benzene rings is 1. The fraction of sp³-hybridized carbons (Fsp3) is 0.133. The number of nitrogens with zero attached hydrogens (tertiary/aromatic N) is 5. The molecule has 1 aromatic carbocycles. The van der Waals surface area contributed by atoms with Gasteiger partial charge in [0.15, 0.2) is 28.1 Å². The second-order valence-electron chi connectivity index (χ2n) is 5.34. The van der Waals surface area contributed by atoms with Crippen LogP contribution in [0.4, 0.5) is 11.8 Å². The fourth-order valence-corrected chi connectivity index (χ4v) is 2.39. The van der Waals surface area contributed by atoms with E-state index in [0.717, 1.165) is 5.56 Å². The van der Waals surface area contributed by atoms with Gasteiger partial charge in [-0.2, -0.15) is 9.97 Å². The van der Waals surface area contributed by atoms with Crippen LogP contribution in [0.15, 0.2) is 38.0 Å². The number of hydrogen-bond acceptors (Lipinski definition) is 9. The monoisotopic (exact) mass is 324 g/mol. The van der Waals surface area contributed by atoms with Crippen LogP contribution in [-0.2, 0) is 0 Å². The first-order chi connectivity index (χ1) is 11.5. The van der Waals surface area contributed by atoms with Crippen LogP contribution in [0.1, 0.15) is 0 Å². The summed E-state index contributed by atoms with van der Waals surface area (Å²) in [5.41, 5.74) is 8.68. The lowest BCUT2D eigenvalue weighted by Crippen LogP contribution is -2.14. The van der Waals surface area contributed by atoms with Gasteiger partial charge in [0.1, 0.15) is 0 Å². The van der Waals surface area contributed by atoms with E-state index in [0.29, 0.717) is 33.8 Å². The van der Waals surface area contributed by atoms with Crippen molar-refractivity contribution in [3.8, 4) is 11.3 Å². The topological polar surface area (TPSA) is 124 Å². The van der Waals surface area contributed by atoms with Crippen molar-refractivity contribution in [2.45, 2.75) is 0 Å². The summed E-state index contributed by atoms with van der Waals surface area (Å²) < 4.78 is 9.87. The van der Waals surface area contributed by atoms with Crippen LogP contribution < -0.4 is 16.5 Å². The first kappa shape index (κ1) is 14.1. The van der Waals surface area contributed by atoms with Gasteiger partial charge in [-0.05, 0) is 18.2 Å². The second kappa shape index (κ2) is 5.01. The molecule has 0 saturated heterocycles. The summed E-state index contributed by atoms with van der Waals surface area (Å²) in [6, 6.07) is 5.08. The zero-order valence-corrected chi connectivity index (χ0v) is 12.8. The number of fused-ring (bicyclic) bond motifs is 2. The van der Waals surface area contributed by atoms with Crippen molar-refractivity contribution in [3.05, 3.63) is 35.0 Å². The van der Waals surface area contributed by atoms with Crippen LogP contribution in [0.25, 0.3) is 33.6 Å². The van der Waals surface area contributed by atoms with E-state index in [-0.39, 0.29) is 5.95 Å². The Morgan fingerprint density at radius 1 is 1.08 bits per heavy atom. The molecule has 9 heteroatoms. The summed E-state index contributed by atoms with van der Waals surface area (Å²) in [4.78, 5) is 30.2. The quantitative estimate of drug-likeness (QED) is 0.583. The third kappa shape index (κ3) is 2.22. The predicted octanol–water partition coefficient (Wildman–Crippen LogP) is 1.43. The van der Waals surface area contributed by atoms with Crippen molar-refractivity contribution in [3.63, 3.8) is 0 Å². The lowest BCUT2D eigenvalue weighted by Gasteiger charge is -2.13. The molecular weight excluding hydrogens is 312 g/mol. The molecule has 2 N–H and O–H groups in total. The van der Waals surface area contributed by atoms with Gasteiger partial charge < -0.3 is 19.5 Å². The summed E-state index contributed by atoms with van der Waals surface area (Å²) in [7, 11) is 3.67. The van der Waals surface area contributed by atoms with Crippen molar-refractivity contribution >= 4 is 34.1 Å². The van der Waals surface area contributed by atoms with E-state index < -0.39 is 5.82 Å². The molecule has 0 bridgehead atoms. The third-order valence-electron chi connectivity index (χ3n) is 3.46. The van der Waals surface area contributed by atoms with Gasteiger partial charge >= 0.3 is 5.82 Å². The van der Waals surface area contributed by atoms with E-state index in [4.69, 9.17) is 14.6 Å². The third-order valence-corrected chi connectivity index (χ3v) is 3.46. The van der Waals surface area contributed by atoms with Gasteiger partial charge in [0.05, 0.1) is 11.9 Å². The Balaban J connectivity index is 1.93. The van der Waals surface area contributed by atoms with E-state index in [2.05, 4.69) is 19.9 Å². The number of anilines is 2. The Labute approximate surface area is 134 Å². The Morgan fingerprint density at radius 3 is 2.67 bits per heavy atom. The molecule has 4 rings (SSSR count). The molecule has 0 aliphatic rings. The minimum atomic E-state index is -0.745. The van der Waals surface area contributed by atoms with E-state index in [9.17, 15) is 4.79 Å². The molecule has 0 spiro atoms. The fourth-order valence-electron chi connectivity index (χ4n) is 2.39. The van der Waals surface area contributed by atoms with Crippen LogP contribution in [-0.4, -0.2) is 34.0 Å².